The average Bonchev–Trinajstić information content (AvgIpc) is 2.78. The molecule has 0 aromatic heterocycles. The van der Waals surface area contributed by atoms with E-state index in [1.54, 1.807) is 24.3 Å². The molecule has 1 saturated heterocycles. The number of benzene rings is 2. The normalized spacial score (nSPS) is 20.1. The lowest BCUT2D eigenvalue weighted by molar-refractivity contribution is 0.0940. The fraction of sp³-hybridized carbons (Fsp3) is 0.440. The van der Waals surface area contributed by atoms with Gasteiger partial charge in [-0.15, -0.1) is 0 Å². The van der Waals surface area contributed by atoms with E-state index < -0.39 is 15.9 Å². The third-order valence-corrected chi connectivity index (χ3v) is 7.85. The molecule has 33 heavy (non-hydrogen) atoms. The molecule has 7 nitrogen and oxygen atoms in total. The van der Waals surface area contributed by atoms with Crippen molar-refractivity contribution in [3.8, 4) is 0 Å². The van der Waals surface area contributed by atoms with Crippen LogP contribution in [0.5, 0.6) is 0 Å². The second-order valence-electron chi connectivity index (χ2n) is 9.07. The molecular formula is C25H33N3O4S. The number of para-hydroxylation sites is 1. The van der Waals surface area contributed by atoms with Gasteiger partial charge in [0.1, 0.15) is 0 Å². The van der Waals surface area contributed by atoms with Gasteiger partial charge in [-0.1, -0.05) is 32.9 Å². The van der Waals surface area contributed by atoms with Gasteiger partial charge in [0, 0.05) is 24.7 Å². The fourth-order valence-electron chi connectivity index (χ4n) is 4.12. The van der Waals surface area contributed by atoms with Crippen LogP contribution >= 0.6 is 0 Å². The second kappa shape index (κ2) is 10.5. The van der Waals surface area contributed by atoms with Crippen LogP contribution in [0.3, 0.4) is 0 Å². The largest absolute Gasteiger partial charge is 0.350 e. The number of carbonyl (C=O) groups excluding carboxylic acids is 2. The van der Waals surface area contributed by atoms with Crippen LogP contribution in [-0.2, 0) is 10.0 Å². The summed E-state index contributed by atoms with van der Waals surface area (Å²) in [4.78, 5) is 25.6. The molecule has 8 heteroatoms. The number of sulfonamides is 1. The van der Waals surface area contributed by atoms with E-state index in [0.29, 0.717) is 41.7 Å². The molecule has 2 aromatic carbocycles. The zero-order chi connectivity index (χ0) is 24.2. The van der Waals surface area contributed by atoms with Crippen molar-refractivity contribution in [3.05, 3.63) is 59.7 Å². The Hall–Kier alpha value is -2.71. The number of anilines is 1. The summed E-state index contributed by atoms with van der Waals surface area (Å²) in [5, 5.41) is 5.67. The van der Waals surface area contributed by atoms with E-state index in [0.717, 1.165) is 12.8 Å². The molecule has 2 N–H and O–H groups in total. The molecule has 1 aliphatic rings. The highest BCUT2D eigenvalue weighted by Crippen LogP contribution is 2.27. The summed E-state index contributed by atoms with van der Waals surface area (Å²) in [5.74, 6) is -0.0491. The van der Waals surface area contributed by atoms with E-state index in [1.807, 2.05) is 13.8 Å². The molecule has 0 radical (unpaired) electrons. The van der Waals surface area contributed by atoms with E-state index in [9.17, 15) is 18.0 Å². The van der Waals surface area contributed by atoms with Crippen LogP contribution in [-0.4, -0.2) is 43.7 Å². The lowest BCUT2D eigenvalue weighted by atomic mass is 9.94. The van der Waals surface area contributed by atoms with Gasteiger partial charge >= 0.3 is 0 Å². The van der Waals surface area contributed by atoms with Crippen LogP contribution in [0.4, 0.5) is 5.69 Å². The zero-order valence-corrected chi connectivity index (χ0v) is 20.5. The SMILES string of the molecule is CC[C@H](C)NC(=O)c1ccccc1NC(=O)c1ccc(S(=O)(=O)N2C[C@H](C)C[C@@H](C)C2)cc1. The fourth-order valence-corrected chi connectivity index (χ4v) is 5.80. The quantitative estimate of drug-likeness (QED) is 0.635. The Morgan fingerprint density at radius 3 is 2.21 bits per heavy atom. The van der Waals surface area contributed by atoms with Gasteiger partial charge < -0.3 is 10.6 Å². The van der Waals surface area contributed by atoms with Gasteiger partial charge in [-0.05, 0) is 68.0 Å². The van der Waals surface area contributed by atoms with Crippen molar-refractivity contribution in [2.45, 2.75) is 51.5 Å². The molecule has 1 fully saturated rings. The van der Waals surface area contributed by atoms with Crippen molar-refractivity contribution >= 4 is 27.5 Å². The van der Waals surface area contributed by atoms with Gasteiger partial charge in [-0.3, -0.25) is 9.59 Å². The van der Waals surface area contributed by atoms with E-state index in [-0.39, 0.29) is 16.8 Å². The van der Waals surface area contributed by atoms with Gasteiger partial charge in [0.25, 0.3) is 11.8 Å². The summed E-state index contributed by atoms with van der Waals surface area (Å²) < 4.78 is 27.7. The standard InChI is InChI=1S/C25H33N3O4S/c1-5-19(4)26-25(30)22-8-6-7-9-23(22)27-24(29)20-10-12-21(13-11-20)33(31,32)28-15-17(2)14-18(3)16-28/h6-13,17-19H,5,14-16H2,1-4H3,(H,26,30)(H,27,29)/t17-,18-,19+/m1/s1. The highest BCUT2D eigenvalue weighted by atomic mass is 32.2. The number of piperidine rings is 1. The van der Waals surface area contributed by atoms with E-state index in [4.69, 9.17) is 0 Å². The summed E-state index contributed by atoms with van der Waals surface area (Å²) in [6.07, 6.45) is 1.81. The maximum Gasteiger partial charge on any atom is 0.255 e. The Morgan fingerprint density at radius 1 is 1.00 bits per heavy atom. The van der Waals surface area contributed by atoms with Crippen LogP contribution in [0, 0.1) is 11.8 Å². The maximum atomic E-state index is 13.1. The smallest absolute Gasteiger partial charge is 0.255 e. The van der Waals surface area contributed by atoms with E-state index in [1.165, 1.54) is 28.6 Å². The van der Waals surface area contributed by atoms with Crippen LogP contribution in [0.2, 0.25) is 0 Å². The molecule has 0 spiro atoms. The van der Waals surface area contributed by atoms with Gasteiger partial charge in [0.15, 0.2) is 0 Å². The van der Waals surface area contributed by atoms with Crippen molar-refractivity contribution in [3.63, 3.8) is 0 Å². The number of rotatable bonds is 7. The number of hydrogen-bond acceptors (Lipinski definition) is 4. The van der Waals surface area contributed by atoms with Gasteiger partial charge in [-0.2, -0.15) is 4.31 Å². The Bertz CT molecular complexity index is 1090. The summed E-state index contributed by atoms with van der Waals surface area (Å²) in [5.41, 5.74) is 1.08. The molecule has 0 bridgehead atoms. The number of nitrogens with one attached hydrogen (secondary N) is 2. The first-order valence-corrected chi connectivity index (χ1v) is 12.9. The van der Waals surface area contributed by atoms with Gasteiger partial charge in [0.05, 0.1) is 16.1 Å². The number of amides is 2. The molecule has 1 aliphatic heterocycles. The van der Waals surface area contributed by atoms with Crippen LogP contribution in [0.1, 0.15) is 61.3 Å². The minimum absolute atomic E-state index is 0.0154. The molecule has 3 atom stereocenters. The predicted molar refractivity (Wildman–Crippen MR) is 130 cm³/mol. The highest BCUT2D eigenvalue weighted by Gasteiger charge is 2.31. The third-order valence-electron chi connectivity index (χ3n) is 6.00. The molecule has 178 valence electrons. The molecule has 0 saturated carbocycles. The minimum Gasteiger partial charge on any atom is -0.350 e. The Labute approximate surface area is 196 Å². The van der Waals surface area contributed by atoms with Crippen molar-refractivity contribution in [2.75, 3.05) is 18.4 Å². The summed E-state index contributed by atoms with van der Waals surface area (Å²) in [6.45, 7) is 9.03. The zero-order valence-electron chi connectivity index (χ0n) is 19.7. The lowest BCUT2D eigenvalue weighted by Crippen LogP contribution is -2.42. The van der Waals surface area contributed by atoms with Crippen molar-refractivity contribution < 1.29 is 18.0 Å². The topological polar surface area (TPSA) is 95.6 Å². The predicted octanol–water partition coefficient (Wildman–Crippen LogP) is 4.13. The highest BCUT2D eigenvalue weighted by molar-refractivity contribution is 7.89. The number of nitrogens with zero attached hydrogens (tertiary/aromatic N) is 1. The average molecular weight is 472 g/mol. The van der Waals surface area contributed by atoms with Crippen LogP contribution in [0.15, 0.2) is 53.4 Å². The first-order chi connectivity index (χ1) is 15.6. The molecule has 0 unspecified atom stereocenters. The molecule has 1 heterocycles. The maximum absolute atomic E-state index is 13.1. The summed E-state index contributed by atoms with van der Waals surface area (Å²) >= 11 is 0. The first kappa shape index (κ1) is 24.9. The Kier molecular flexibility index (Phi) is 7.92. The molecule has 3 rings (SSSR count). The lowest BCUT2D eigenvalue weighted by Gasteiger charge is -2.34. The monoisotopic (exact) mass is 471 g/mol. The van der Waals surface area contributed by atoms with Crippen molar-refractivity contribution in [1.82, 2.24) is 9.62 Å². The molecular weight excluding hydrogens is 438 g/mol. The molecule has 0 aliphatic carbocycles. The molecule has 2 aromatic rings. The van der Waals surface area contributed by atoms with E-state index in [2.05, 4.69) is 24.5 Å². The van der Waals surface area contributed by atoms with Gasteiger partial charge in [-0.25, -0.2) is 8.42 Å². The van der Waals surface area contributed by atoms with Crippen LogP contribution in [0.25, 0.3) is 0 Å². The second-order valence-corrected chi connectivity index (χ2v) is 11.0. The summed E-state index contributed by atoms with van der Waals surface area (Å²) in [7, 11) is -3.61. The van der Waals surface area contributed by atoms with Gasteiger partial charge in [0.2, 0.25) is 10.0 Å². The first-order valence-electron chi connectivity index (χ1n) is 11.4. The number of hydrogen-bond donors (Lipinski definition) is 2. The summed E-state index contributed by atoms with van der Waals surface area (Å²) in [6, 6.07) is 12.8. The molecule has 2 amide bonds. The van der Waals surface area contributed by atoms with E-state index >= 15 is 0 Å². The van der Waals surface area contributed by atoms with Crippen molar-refractivity contribution in [2.24, 2.45) is 11.8 Å². The Balaban J connectivity index is 1.75. The Morgan fingerprint density at radius 2 is 1.61 bits per heavy atom. The minimum atomic E-state index is -3.61. The van der Waals surface area contributed by atoms with Crippen LogP contribution < -0.4 is 10.6 Å². The van der Waals surface area contributed by atoms with Crippen molar-refractivity contribution in [1.29, 1.82) is 0 Å². The third kappa shape index (κ3) is 6.00. The number of carbonyl (C=O) groups is 2.